The topological polar surface area (TPSA) is 95.1 Å². The summed E-state index contributed by atoms with van der Waals surface area (Å²) in [5, 5.41) is 0. The third kappa shape index (κ3) is 6.47. The molecule has 0 heterocycles. The molecule has 10 heteroatoms. The van der Waals surface area contributed by atoms with E-state index in [9.17, 15) is 18.4 Å². The molecule has 1 unspecified atom stereocenters. The van der Waals surface area contributed by atoms with E-state index in [1.807, 2.05) is 6.92 Å². The number of amides is 2. The first kappa shape index (κ1) is 24.7. The Bertz CT molecular complexity index is 927. The Balaban J connectivity index is 2.08. The monoisotopic (exact) mass is 452 g/mol. The van der Waals surface area contributed by atoms with E-state index >= 15 is 0 Å². The van der Waals surface area contributed by atoms with Crippen LogP contribution in [-0.2, 0) is 4.79 Å². The smallest absolute Gasteiger partial charge is 0.279 e. The van der Waals surface area contributed by atoms with Crippen LogP contribution in [0.1, 0.15) is 38.1 Å². The lowest BCUT2D eigenvalue weighted by molar-refractivity contribution is -0.128. The molecule has 1 atom stereocenters. The molecular weight excluding hydrogens is 426 g/mol. The van der Waals surface area contributed by atoms with Gasteiger partial charge >= 0.3 is 0 Å². The zero-order valence-electron chi connectivity index (χ0n) is 18.3. The molecule has 2 N–H and O–H groups in total. The van der Waals surface area contributed by atoms with Crippen molar-refractivity contribution in [3.05, 3.63) is 47.5 Å². The van der Waals surface area contributed by atoms with E-state index in [1.165, 1.54) is 25.1 Å². The maximum Gasteiger partial charge on any atom is 0.279 e. The summed E-state index contributed by atoms with van der Waals surface area (Å²) in [4.78, 5) is 24.8. The number of carbonyl (C=O) groups excluding carboxylic acids is 2. The molecule has 0 aromatic heterocycles. The van der Waals surface area contributed by atoms with Crippen molar-refractivity contribution in [2.75, 3.05) is 19.8 Å². The summed E-state index contributed by atoms with van der Waals surface area (Å²) in [5.41, 5.74) is 4.66. The maximum atomic E-state index is 13.3. The van der Waals surface area contributed by atoms with Crippen molar-refractivity contribution in [2.24, 2.45) is 0 Å². The first-order valence-electron chi connectivity index (χ1n) is 10.1. The highest BCUT2D eigenvalue weighted by atomic mass is 19.2. The summed E-state index contributed by atoms with van der Waals surface area (Å²) in [5.74, 6) is -2.48. The second-order valence-electron chi connectivity index (χ2n) is 6.38. The minimum atomic E-state index is -1.10. The van der Waals surface area contributed by atoms with Crippen LogP contribution >= 0.6 is 0 Å². The van der Waals surface area contributed by atoms with Crippen LogP contribution in [0.15, 0.2) is 30.3 Å². The van der Waals surface area contributed by atoms with E-state index in [4.69, 9.17) is 18.9 Å². The molecule has 32 heavy (non-hydrogen) atoms. The molecule has 0 fully saturated rings. The van der Waals surface area contributed by atoms with Gasteiger partial charge in [-0.2, -0.15) is 0 Å². The number of ether oxygens (including phenoxy) is 4. The van der Waals surface area contributed by atoms with Crippen molar-refractivity contribution in [1.29, 1.82) is 0 Å². The van der Waals surface area contributed by atoms with E-state index in [1.54, 1.807) is 13.8 Å². The van der Waals surface area contributed by atoms with Gasteiger partial charge in [0.2, 0.25) is 5.75 Å². The van der Waals surface area contributed by atoms with Crippen LogP contribution in [0, 0.1) is 11.6 Å². The zero-order chi connectivity index (χ0) is 23.7. The SMILES string of the molecule is CCOc1cc(C(=O)NNC(=O)C(C)Oc2ccc(F)c(F)c2)cc(OCC)c1OCC. The Hall–Kier alpha value is -3.56. The molecular formula is C22H26F2N2O6. The van der Waals surface area contributed by atoms with Gasteiger partial charge in [-0.3, -0.25) is 20.4 Å². The molecule has 0 spiro atoms. The molecule has 0 aliphatic rings. The van der Waals surface area contributed by atoms with Gasteiger partial charge in [-0.15, -0.1) is 0 Å². The quantitative estimate of drug-likeness (QED) is 0.537. The summed E-state index contributed by atoms with van der Waals surface area (Å²) in [7, 11) is 0. The third-order valence-electron chi connectivity index (χ3n) is 4.04. The molecule has 8 nitrogen and oxygen atoms in total. The lowest BCUT2D eigenvalue weighted by Crippen LogP contribution is -2.47. The highest BCUT2D eigenvalue weighted by Crippen LogP contribution is 2.39. The van der Waals surface area contributed by atoms with Crippen LogP contribution < -0.4 is 29.8 Å². The molecule has 0 saturated heterocycles. The van der Waals surface area contributed by atoms with Crippen molar-refractivity contribution in [1.82, 2.24) is 10.9 Å². The van der Waals surface area contributed by atoms with Gasteiger partial charge in [-0.1, -0.05) is 0 Å². The highest BCUT2D eigenvalue weighted by Gasteiger charge is 2.20. The summed E-state index contributed by atoms with van der Waals surface area (Å²) >= 11 is 0. The largest absolute Gasteiger partial charge is 0.490 e. The lowest BCUT2D eigenvalue weighted by Gasteiger charge is -2.18. The third-order valence-corrected chi connectivity index (χ3v) is 4.04. The minimum Gasteiger partial charge on any atom is -0.490 e. The van der Waals surface area contributed by atoms with Crippen molar-refractivity contribution in [2.45, 2.75) is 33.8 Å². The number of hydrazine groups is 1. The standard InChI is InChI=1S/C22H26F2N2O6/c1-5-29-18-10-14(11-19(30-6-2)20(18)31-7-3)22(28)26-25-21(27)13(4)32-15-8-9-16(23)17(24)12-15/h8-13H,5-7H2,1-4H3,(H,25,27)(H,26,28). The molecule has 0 radical (unpaired) electrons. The Morgan fingerprint density at radius 3 is 2.00 bits per heavy atom. The molecule has 2 aromatic rings. The summed E-state index contributed by atoms with van der Waals surface area (Å²) in [6.45, 7) is 7.83. The number of halogens is 2. The van der Waals surface area contributed by atoms with Crippen molar-refractivity contribution in [3.63, 3.8) is 0 Å². The first-order valence-corrected chi connectivity index (χ1v) is 10.1. The Morgan fingerprint density at radius 1 is 0.875 bits per heavy atom. The second-order valence-corrected chi connectivity index (χ2v) is 6.38. The Labute approximate surface area is 184 Å². The van der Waals surface area contributed by atoms with Gasteiger partial charge in [0, 0.05) is 11.6 Å². The number of benzene rings is 2. The summed E-state index contributed by atoms with van der Waals surface area (Å²) < 4.78 is 48.3. The van der Waals surface area contributed by atoms with Crippen LogP contribution in [0.25, 0.3) is 0 Å². The predicted octanol–water partition coefficient (Wildman–Crippen LogP) is 3.39. The second kappa shape index (κ2) is 11.7. The van der Waals surface area contributed by atoms with Crippen molar-refractivity contribution in [3.8, 4) is 23.0 Å². The van der Waals surface area contributed by atoms with E-state index in [0.29, 0.717) is 37.1 Å². The van der Waals surface area contributed by atoms with Gasteiger partial charge in [-0.05, 0) is 52.0 Å². The molecule has 0 aliphatic heterocycles. The van der Waals surface area contributed by atoms with E-state index in [-0.39, 0.29) is 11.3 Å². The van der Waals surface area contributed by atoms with Crippen LogP contribution in [0.5, 0.6) is 23.0 Å². The maximum absolute atomic E-state index is 13.3. The summed E-state index contributed by atoms with van der Waals surface area (Å²) in [6, 6.07) is 5.84. The fourth-order valence-corrected chi connectivity index (χ4v) is 2.62. The fraction of sp³-hybridized carbons (Fsp3) is 0.364. The fourth-order valence-electron chi connectivity index (χ4n) is 2.62. The van der Waals surface area contributed by atoms with Gasteiger partial charge in [0.05, 0.1) is 19.8 Å². The number of rotatable bonds is 10. The van der Waals surface area contributed by atoms with Crippen LogP contribution in [0.2, 0.25) is 0 Å². The van der Waals surface area contributed by atoms with Gasteiger partial charge in [0.25, 0.3) is 11.8 Å². The van der Waals surface area contributed by atoms with Gasteiger partial charge < -0.3 is 18.9 Å². The normalized spacial score (nSPS) is 11.3. The average Bonchev–Trinajstić information content (AvgIpc) is 2.76. The predicted molar refractivity (Wildman–Crippen MR) is 112 cm³/mol. The molecule has 0 aliphatic carbocycles. The lowest BCUT2D eigenvalue weighted by atomic mass is 10.1. The average molecular weight is 452 g/mol. The Kier molecular flexibility index (Phi) is 9.06. The van der Waals surface area contributed by atoms with E-state index in [2.05, 4.69) is 10.9 Å². The zero-order valence-corrected chi connectivity index (χ0v) is 18.3. The number of nitrogens with one attached hydrogen (secondary N) is 2. The van der Waals surface area contributed by atoms with Gasteiger partial charge in [-0.25, -0.2) is 8.78 Å². The molecule has 2 aromatic carbocycles. The molecule has 2 rings (SSSR count). The minimum absolute atomic E-state index is 0.0351. The molecule has 174 valence electrons. The summed E-state index contributed by atoms with van der Waals surface area (Å²) in [6.07, 6.45) is -1.10. The number of hydrogen-bond acceptors (Lipinski definition) is 6. The Morgan fingerprint density at radius 2 is 1.47 bits per heavy atom. The molecule has 2 amide bonds. The number of hydrogen-bond donors (Lipinski definition) is 2. The molecule has 0 saturated carbocycles. The van der Waals surface area contributed by atoms with Crippen LogP contribution in [0.4, 0.5) is 8.78 Å². The van der Waals surface area contributed by atoms with Crippen LogP contribution in [0.3, 0.4) is 0 Å². The van der Waals surface area contributed by atoms with Crippen molar-refractivity contribution >= 4 is 11.8 Å². The van der Waals surface area contributed by atoms with E-state index in [0.717, 1.165) is 12.1 Å². The highest BCUT2D eigenvalue weighted by molar-refractivity contribution is 5.97. The van der Waals surface area contributed by atoms with Crippen molar-refractivity contribution < 1.29 is 37.3 Å². The number of carbonyl (C=O) groups is 2. The van der Waals surface area contributed by atoms with Gasteiger partial charge in [0.1, 0.15) is 5.75 Å². The molecule has 0 bridgehead atoms. The van der Waals surface area contributed by atoms with Gasteiger partial charge in [0.15, 0.2) is 29.2 Å². The first-order chi connectivity index (χ1) is 15.3. The van der Waals surface area contributed by atoms with Crippen LogP contribution in [-0.4, -0.2) is 37.7 Å². The van der Waals surface area contributed by atoms with E-state index < -0.39 is 29.6 Å².